The molecular weight excluding hydrogens is 284 g/mol. The summed E-state index contributed by atoms with van der Waals surface area (Å²) in [7, 11) is 0. The van der Waals surface area contributed by atoms with E-state index in [4.69, 9.17) is 0 Å². The second-order valence-electron chi connectivity index (χ2n) is 4.69. The van der Waals surface area contributed by atoms with Gasteiger partial charge in [-0.3, -0.25) is 0 Å². The van der Waals surface area contributed by atoms with Gasteiger partial charge in [-0.2, -0.15) is 0 Å². The minimum atomic E-state index is -0.0702. The number of hydrogen-bond donors (Lipinski definition) is 2. The zero-order valence-corrected chi connectivity index (χ0v) is 11.8. The molecule has 1 aliphatic heterocycles. The molecule has 0 spiro atoms. The second-order valence-corrected chi connectivity index (χ2v) is 5.77. The number of hydrogen-bond acceptors (Lipinski definition) is 5. The summed E-state index contributed by atoms with van der Waals surface area (Å²) in [6.07, 6.45) is 0. The Morgan fingerprint density at radius 1 is 1.00 bits per heavy atom. The molecule has 1 atom stereocenters. The van der Waals surface area contributed by atoms with Crippen molar-refractivity contribution in [1.29, 1.82) is 0 Å². The molecule has 6 heteroatoms. The molecule has 0 fully saturated rings. The molecule has 2 aromatic carbocycles. The van der Waals surface area contributed by atoms with Crippen molar-refractivity contribution in [3.8, 4) is 17.1 Å². The van der Waals surface area contributed by atoms with Crippen LogP contribution in [-0.2, 0) is 0 Å². The van der Waals surface area contributed by atoms with E-state index in [1.807, 2.05) is 53.2 Å². The van der Waals surface area contributed by atoms with Crippen molar-refractivity contribution in [2.45, 2.75) is 10.5 Å². The Hall–Kier alpha value is -2.47. The van der Waals surface area contributed by atoms with Gasteiger partial charge in [-0.25, -0.2) is 4.68 Å². The molecule has 2 heterocycles. The van der Waals surface area contributed by atoms with Crippen LogP contribution in [0.3, 0.4) is 0 Å². The van der Waals surface area contributed by atoms with Crippen molar-refractivity contribution in [3.63, 3.8) is 0 Å². The average molecular weight is 296 g/mol. The lowest BCUT2D eigenvalue weighted by atomic mass is 10.2. The van der Waals surface area contributed by atoms with E-state index in [0.29, 0.717) is 0 Å². The van der Waals surface area contributed by atoms with Crippen LogP contribution in [0.25, 0.3) is 11.4 Å². The van der Waals surface area contributed by atoms with Crippen molar-refractivity contribution < 1.29 is 5.11 Å². The Bertz CT molecular complexity index is 787. The van der Waals surface area contributed by atoms with E-state index in [-0.39, 0.29) is 11.1 Å². The van der Waals surface area contributed by atoms with E-state index in [1.165, 1.54) is 11.8 Å². The predicted molar refractivity (Wildman–Crippen MR) is 81.5 cm³/mol. The average Bonchev–Trinajstić information content (AvgIpc) is 3.08. The molecule has 1 aliphatic rings. The molecule has 2 N–H and O–H groups in total. The van der Waals surface area contributed by atoms with Gasteiger partial charge in [-0.15, -0.1) is 10.2 Å². The third-order valence-electron chi connectivity index (χ3n) is 3.35. The summed E-state index contributed by atoms with van der Waals surface area (Å²) in [6, 6.07) is 17.2. The lowest BCUT2D eigenvalue weighted by Gasteiger charge is -2.13. The number of phenols is 1. The predicted octanol–water partition coefficient (Wildman–Crippen LogP) is 3.00. The van der Waals surface area contributed by atoms with Crippen LogP contribution >= 0.6 is 11.8 Å². The lowest BCUT2D eigenvalue weighted by molar-refractivity contribution is 0.468. The van der Waals surface area contributed by atoms with Crippen molar-refractivity contribution in [2.24, 2.45) is 0 Å². The number of para-hydroxylation sites is 1. The molecule has 104 valence electrons. The van der Waals surface area contributed by atoms with Crippen LogP contribution < -0.4 is 5.43 Å². The normalized spacial score (nSPS) is 16.5. The highest BCUT2D eigenvalue weighted by molar-refractivity contribution is 7.99. The number of aromatic nitrogens is 3. The molecule has 0 radical (unpaired) electrons. The Morgan fingerprint density at radius 3 is 2.57 bits per heavy atom. The molecule has 0 saturated carbocycles. The van der Waals surface area contributed by atoms with Gasteiger partial charge in [-0.1, -0.05) is 60.3 Å². The largest absolute Gasteiger partial charge is 0.508 e. The van der Waals surface area contributed by atoms with Crippen molar-refractivity contribution in [1.82, 2.24) is 14.9 Å². The molecule has 21 heavy (non-hydrogen) atoms. The molecular formula is C15H12N4OS. The molecule has 0 saturated heterocycles. The maximum Gasteiger partial charge on any atom is 0.212 e. The van der Waals surface area contributed by atoms with Gasteiger partial charge in [0.25, 0.3) is 0 Å². The van der Waals surface area contributed by atoms with Gasteiger partial charge in [0.2, 0.25) is 5.16 Å². The number of rotatable bonds is 2. The first-order valence-electron chi connectivity index (χ1n) is 6.55. The Kier molecular flexibility index (Phi) is 2.82. The van der Waals surface area contributed by atoms with E-state index in [2.05, 4.69) is 15.6 Å². The van der Waals surface area contributed by atoms with Gasteiger partial charge in [0.05, 0.1) is 0 Å². The third-order valence-corrected chi connectivity index (χ3v) is 4.42. The summed E-state index contributed by atoms with van der Waals surface area (Å²) in [4.78, 5) is 0. The van der Waals surface area contributed by atoms with Crippen LogP contribution in [0.4, 0.5) is 0 Å². The highest BCUT2D eigenvalue weighted by atomic mass is 32.2. The number of thioether (sulfide) groups is 1. The summed E-state index contributed by atoms with van der Waals surface area (Å²) in [5.74, 6) is 1.05. The SMILES string of the molecule is Oc1ccccc1C1Nn2c(nnc2-c2ccccc2)S1. The minimum absolute atomic E-state index is 0.0702. The van der Waals surface area contributed by atoms with Crippen LogP contribution in [0.5, 0.6) is 5.75 Å². The number of nitrogens with zero attached hydrogens (tertiary/aromatic N) is 3. The summed E-state index contributed by atoms with van der Waals surface area (Å²) >= 11 is 1.54. The van der Waals surface area contributed by atoms with E-state index in [9.17, 15) is 5.11 Å². The number of nitrogens with one attached hydrogen (secondary N) is 1. The summed E-state index contributed by atoms with van der Waals surface area (Å²) in [6.45, 7) is 0. The maximum atomic E-state index is 9.98. The molecule has 0 amide bonds. The second kappa shape index (κ2) is 4.82. The highest BCUT2D eigenvalue weighted by Gasteiger charge is 2.29. The summed E-state index contributed by atoms with van der Waals surface area (Å²) in [5, 5.41) is 19.1. The zero-order valence-electron chi connectivity index (χ0n) is 11.0. The fourth-order valence-corrected chi connectivity index (χ4v) is 3.36. The van der Waals surface area contributed by atoms with Gasteiger partial charge in [0, 0.05) is 11.1 Å². The van der Waals surface area contributed by atoms with Crippen LogP contribution in [0.2, 0.25) is 0 Å². The summed E-state index contributed by atoms with van der Waals surface area (Å²) in [5.41, 5.74) is 5.18. The minimum Gasteiger partial charge on any atom is -0.508 e. The topological polar surface area (TPSA) is 63.0 Å². The molecule has 5 nitrogen and oxygen atoms in total. The lowest BCUT2D eigenvalue weighted by Crippen LogP contribution is -2.13. The monoisotopic (exact) mass is 296 g/mol. The smallest absolute Gasteiger partial charge is 0.212 e. The fourth-order valence-electron chi connectivity index (χ4n) is 2.33. The first kappa shape index (κ1) is 12.3. The molecule has 3 aromatic rings. The molecule has 0 aliphatic carbocycles. The summed E-state index contributed by atoms with van der Waals surface area (Å²) < 4.78 is 1.87. The van der Waals surface area contributed by atoms with Gasteiger partial charge < -0.3 is 10.5 Å². The first-order valence-corrected chi connectivity index (χ1v) is 7.43. The van der Waals surface area contributed by atoms with Crippen LogP contribution in [-0.4, -0.2) is 20.0 Å². The van der Waals surface area contributed by atoms with Crippen molar-refractivity contribution in [3.05, 3.63) is 60.2 Å². The Morgan fingerprint density at radius 2 is 1.76 bits per heavy atom. The third kappa shape index (κ3) is 2.04. The Balaban J connectivity index is 1.70. The van der Waals surface area contributed by atoms with Crippen LogP contribution in [0.15, 0.2) is 59.8 Å². The van der Waals surface area contributed by atoms with E-state index in [0.717, 1.165) is 22.1 Å². The van der Waals surface area contributed by atoms with Crippen LogP contribution in [0.1, 0.15) is 10.9 Å². The maximum absolute atomic E-state index is 9.98. The zero-order chi connectivity index (χ0) is 14.2. The highest BCUT2D eigenvalue weighted by Crippen LogP contribution is 2.42. The van der Waals surface area contributed by atoms with E-state index < -0.39 is 0 Å². The van der Waals surface area contributed by atoms with Gasteiger partial charge >= 0.3 is 0 Å². The Labute approximate surface area is 125 Å². The molecule has 1 aromatic heterocycles. The standard InChI is InChI=1S/C15H12N4OS/c20-12-9-5-4-8-11(12)14-18-19-13(16-17-15(19)21-14)10-6-2-1-3-7-10/h1-9,14,18,20H. The van der Waals surface area contributed by atoms with Crippen LogP contribution in [0, 0.1) is 0 Å². The van der Waals surface area contributed by atoms with Gasteiger partial charge in [0.15, 0.2) is 5.82 Å². The van der Waals surface area contributed by atoms with E-state index >= 15 is 0 Å². The molecule has 0 bridgehead atoms. The van der Waals surface area contributed by atoms with Gasteiger partial charge in [-0.05, 0) is 6.07 Å². The molecule has 1 unspecified atom stereocenters. The number of fused-ring (bicyclic) bond motifs is 1. The van der Waals surface area contributed by atoms with Gasteiger partial charge in [0.1, 0.15) is 11.1 Å². The van der Waals surface area contributed by atoms with E-state index in [1.54, 1.807) is 6.07 Å². The van der Waals surface area contributed by atoms with Crippen molar-refractivity contribution in [2.75, 3.05) is 5.43 Å². The first-order chi connectivity index (χ1) is 10.3. The fraction of sp³-hybridized carbons (Fsp3) is 0.0667. The number of aromatic hydroxyl groups is 1. The number of benzene rings is 2. The number of phenolic OH excluding ortho intramolecular Hbond substituents is 1. The van der Waals surface area contributed by atoms with Crippen molar-refractivity contribution >= 4 is 11.8 Å². The molecule has 4 rings (SSSR count). The quantitative estimate of drug-likeness (QED) is 0.761.